The van der Waals surface area contributed by atoms with Gasteiger partial charge in [0.15, 0.2) is 0 Å². The second-order valence-electron chi connectivity index (χ2n) is 4.56. The molecule has 2 nitrogen and oxygen atoms in total. The Morgan fingerprint density at radius 1 is 1.38 bits per heavy atom. The van der Waals surface area contributed by atoms with Crippen molar-refractivity contribution in [1.82, 2.24) is 0 Å². The summed E-state index contributed by atoms with van der Waals surface area (Å²) in [5, 5.41) is 10.4. The van der Waals surface area contributed by atoms with Crippen LogP contribution in [0.3, 0.4) is 0 Å². The van der Waals surface area contributed by atoms with Crippen molar-refractivity contribution in [3.8, 4) is 0 Å². The second-order valence-corrected chi connectivity index (χ2v) is 4.56. The molecule has 16 heavy (non-hydrogen) atoms. The molecule has 0 fully saturated rings. The molecule has 2 heteroatoms. The van der Waals surface area contributed by atoms with Crippen LogP contribution in [0.1, 0.15) is 43.1 Å². The molecule has 0 bridgehead atoms. The zero-order valence-electron chi connectivity index (χ0n) is 10.9. The molecule has 1 rings (SSSR count). The number of hydrogen-bond donors (Lipinski definition) is 1. The molecule has 2 unspecified atom stereocenters. The van der Waals surface area contributed by atoms with Crippen LogP contribution in [0.15, 0.2) is 18.2 Å². The van der Waals surface area contributed by atoms with E-state index in [4.69, 9.17) is 4.74 Å². The van der Waals surface area contributed by atoms with Crippen molar-refractivity contribution < 1.29 is 9.84 Å². The van der Waals surface area contributed by atoms with Crippen LogP contribution in [-0.2, 0) is 4.74 Å². The summed E-state index contributed by atoms with van der Waals surface area (Å²) in [5.74, 6) is 0. The Morgan fingerprint density at radius 3 is 2.50 bits per heavy atom. The van der Waals surface area contributed by atoms with Crippen molar-refractivity contribution in [1.29, 1.82) is 0 Å². The van der Waals surface area contributed by atoms with Crippen molar-refractivity contribution in [2.75, 3.05) is 7.11 Å². The molecule has 1 aromatic carbocycles. The highest BCUT2D eigenvalue weighted by Gasteiger charge is 2.33. The van der Waals surface area contributed by atoms with Gasteiger partial charge in [0.1, 0.15) is 6.10 Å². The van der Waals surface area contributed by atoms with Crippen LogP contribution >= 0.6 is 0 Å². The largest absolute Gasteiger partial charge is 0.385 e. The molecule has 0 heterocycles. The summed E-state index contributed by atoms with van der Waals surface area (Å²) in [4.78, 5) is 0. The van der Waals surface area contributed by atoms with Gasteiger partial charge in [0, 0.05) is 7.11 Å². The number of ether oxygens (including phenoxy) is 1. The van der Waals surface area contributed by atoms with E-state index in [0.717, 1.165) is 17.5 Å². The predicted octanol–water partition coefficient (Wildman–Crippen LogP) is 3.15. The first-order valence-corrected chi connectivity index (χ1v) is 5.75. The van der Waals surface area contributed by atoms with Crippen LogP contribution in [0, 0.1) is 13.8 Å². The topological polar surface area (TPSA) is 29.5 Å². The summed E-state index contributed by atoms with van der Waals surface area (Å²) < 4.78 is 5.45. The van der Waals surface area contributed by atoms with Gasteiger partial charge >= 0.3 is 0 Å². The van der Waals surface area contributed by atoms with Crippen LogP contribution in [-0.4, -0.2) is 17.8 Å². The highest BCUT2D eigenvalue weighted by molar-refractivity contribution is 5.35. The molecule has 0 saturated heterocycles. The number of aliphatic hydroxyl groups excluding tert-OH is 1. The van der Waals surface area contributed by atoms with Gasteiger partial charge < -0.3 is 9.84 Å². The van der Waals surface area contributed by atoms with E-state index in [1.54, 1.807) is 7.11 Å². The van der Waals surface area contributed by atoms with Gasteiger partial charge in [0.05, 0.1) is 5.60 Å². The zero-order chi connectivity index (χ0) is 12.3. The summed E-state index contributed by atoms with van der Waals surface area (Å²) in [5.41, 5.74) is 2.79. The molecule has 0 saturated carbocycles. The van der Waals surface area contributed by atoms with E-state index < -0.39 is 11.7 Å². The summed E-state index contributed by atoms with van der Waals surface area (Å²) in [7, 11) is 1.65. The van der Waals surface area contributed by atoms with Gasteiger partial charge in [-0.1, -0.05) is 25.1 Å². The fourth-order valence-electron chi connectivity index (χ4n) is 1.85. The summed E-state index contributed by atoms with van der Waals surface area (Å²) in [6, 6.07) is 6.01. The maximum absolute atomic E-state index is 10.4. The lowest BCUT2D eigenvalue weighted by Gasteiger charge is -2.33. The minimum atomic E-state index is -0.581. The molecule has 0 aliphatic heterocycles. The van der Waals surface area contributed by atoms with E-state index >= 15 is 0 Å². The molecule has 0 aromatic heterocycles. The monoisotopic (exact) mass is 222 g/mol. The standard InChI is InChI=1S/C14H22O2/c1-6-14(4,16-5)13(15)12-9-7-8-10(2)11(12)3/h7-9,13,15H,6H2,1-5H3. The Hall–Kier alpha value is -0.860. The molecule has 90 valence electrons. The Labute approximate surface area is 98.3 Å². The Bertz CT molecular complexity index is 354. The van der Waals surface area contributed by atoms with Gasteiger partial charge in [-0.25, -0.2) is 0 Å². The van der Waals surface area contributed by atoms with E-state index in [9.17, 15) is 5.11 Å². The van der Waals surface area contributed by atoms with E-state index in [1.807, 2.05) is 32.9 Å². The lowest BCUT2D eigenvalue weighted by Crippen LogP contribution is -2.34. The zero-order valence-corrected chi connectivity index (χ0v) is 10.9. The molecular weight excluding hydrogens is 200 g/mol. The van der Waals surface area contributed by atoms with Crippen molar-refractivity contribution in [2.24, 2.45) is 0 Å². The van der Waals surface area contributed by atoms with Crippen molar-refractivity contribution in [3.05, 3.63) is 34.9 Å². The highest BCUT2D eigenvalue weighted by atomic mass is 16.5. The molecule has 0 aliphatic carbocycles. The third-order valence-electron chi connectivity index (χ3n) is 3.69. The van der Waals surface area contributed by atoms with Crippen molar-refractivity contribution >= 4 is 0 Å². The lowest BCUT2D eigenvalue weighted by atomic mass is 9.87. The maximum atomic E-state index is 10.4. The molecule has 2 atom stereocenters. The molecule has 0 spiro atoms. The normalized spacial score (nSPS) is 16.9. The Kier molecular flexibility index (Phi) is 4.11. The molecule has 0 radical (unpaired) electrons. The van der Waals surface area contributed by atoms with Crippen LogP contribution in [0.4, 0.5) is 0 Å². The molecule has 1 aromatic rings. The number of hydrogen-bond acceptors (Lipinski definition) is 2. The van der Waals surface area contributed by atoms with Gasteiger partial charge in [0.2, 0.25) is 0 Å². The van der Waals surface area contributed by atoms with E-state index in [-0.39, 0.29) is 0 Å². The molecule has 0 aliphatic rings. The minimum absolute atomic E-state index is 0.515. The number of methoxy groups -OCH3 is 1. The number of aryl methyl sites for hydroxylation is 1. The predicted molar refractivity (Wildman–Crippen MR) is 66.6 cm³/mol. The van der Waals surface area contributed by atoms with Gasteiger partial charge in [-0.15, -0.1) is 0 Å². The van der Waals surface area contributed by atoms with E-state index in [2.05, 4.69) is 13.0 Å². The molecule has 0 amide bonds. The van der Waals surface area contributed by atoms with Gasteiger partial charge in [-0.2, -0.15) is 0 Å². The summed E-state index contributed by atoms with van der Waals surface area (Å²) in [6.07, 6.45) is 0.195. The number of rotatable bonds is 4. The SMILES string of the molecule is CCC(C)(OC)C(O)c1cccc(C)c1C. The third-order valence-corrected chi connectivity index (χ3v) is 3.69. The van der Waals surface area contributed by atoms with Crippen LogP contribution in [0.5, 0.6) is 0 Å². The number of benzene rings is 1. The van der Waals surface area contributed by atoms with Gasteiger partial charge in [-0.05, 0) is 43.9 Å². The van der Waals surface area contributed by atoms with Crippen LogP contribution in [0.2, 0.25) is 0 Å². The van der Waals surface area contributed by atoms with Crippen LogP contribution in [0.25, 0.3) is 0 Å². The van der Waals surface area contributed by atoms with Gasteiger partial charge in [-0.3, -0.25) is 0 Å². The van der Waals surface area contributed by atoms with Crippen LogP contribution < -0.4 is 0 Å². The smallest absolute Gasteiger partial charge is 0.108 e. The average molecular weight is 222 g/mol. The third kappa shape index (κ3) is 2.28. The summed E-state index contributed by atoms with van der Waals surface area (Å²) in [6.45, 7) is 8.07. The lowest BCUT2D eigenvalue weighted by molar-refractivity contribution is -0.0946. The fraction of sp³-hybridized carbons (Fsp3) is 0.571. The first-order valence-electron chi connectivity index (χ1n) is 5.75. The van der Waals surface area contributed by atoms with E-state index in [1.165, 1.54) is 5.56 Å². The van der Waals surface area contributed by atoms with Crippen molar-refractivity contribution in [2.45, 2.75) is 45.8 Å². The second kappa shape index (κ2) is 4.98. The van der Waals surface area contributed by atoms with Crippen molar-refractivity contribution in [3.63, 3.8) is 0 Å². The first-order chi connectivity index (χ1) is 7.46. The Balaban J connectivity index is 3.13. The fourth-order valence-corrected chi connectivity index (χ4v) is 1.85. The molecule has 1 N–H and O–H groups in total. The quantitative estimate of drug-likeness (QED) is 0.848. The first kappa shape index (κ1) is 13.2. The minimum Gasteiger partial charge on any atom is -0.385 e. The highest BCUT2D eigenvalue weighted by Crippen LogP contribution is 2.33. The average Bonchev–Trinajstić information content (AvgIpc) is 2.31. The van der Waals surface area contributed by atoms with E-state index in [0.29, 0.717) is 0 Å². The Morgan fingerprint density at radius 2 is 2.00 bits per heavy atom. The van der Waals surface area contributed by atoms with Gasteiger partial charge in [0.25, 0.3) is 0 Å². The molecular formula is C14H22O2. The number of aliphatic hydroxyl groups is 1. The summed E-state index contributed by atoms with van der Waals surface area (Å²) >= 11 is 0. The maximum Gasteiger partial charge on any atom is 0.108 e.